The van der Waals surface area contributed by atoms with Crippen LogP contribution in [-0.4, -0.2) is 38.3 Å². The van der Waals surface area contributed by atoms with Gasteiger partial charge in [0.25, 0.3) is 0 Å². The number of thiazole rings is 1. The molecule has 2 aromatic carbocycles. The third kappa shape index (κ3) is 4.38. The summed E-state index contributed by atoms with van der Waals surface area (Å²) in [5, 5.41) is 5.20. The Kier molecular flexibility index (Phi) is 5.85. The molecule has 1 aliphatic rings. The topological polar surface area (TPSA) is 78.9 Å². The van der Waals surface area contributed by atoms with Gasteiger partial charge < -0.3 is 18.9 Å². The van der Waals surface area contributed by atoms with E-state index in [4.69, 9.17) is 18.9 Å². The van der Waals surface area contributed by atoms with Gasteiger partial charge in [-0.2, -0.15) is 0 Å². The van der Waals surface area contributed by atoms with Crippen LogP contribution in [0.15, 0.2) is 47.9 Å². The van der Waals surface area contributed by atoms with Crippen molar-refractivity contribution in [2.75, 3.05) is 32.8 Å². The van der Waals surface area contributed by atoms with Gasteiger partial charge in [-0.15, -0.1) is 11.3 Å². The molecule has 0 atom stereocenters. The van der Waals surface area contributed by atoms with Gasteiger partial charge in [-0.25, -0.2) is 4.98 Å². The number of hydrogen-bond donors (Lipinski definition) is 1. The Morgan fingerprint density at radius 1 is 1.13 bits per heavy atom. The molecule has 0 unspecified atom stereocenters. The fourth-order valence-corrected chi connectivity index (χ4v) is 3.66. The lowest BCUT2D eigenvalue weighted by molar-refractivity contribution is -0.111. The molecule has 1 N–H and O–H groups in total. The molecule has 0 saturated heterocycles. The molecule has 0 bridgehead atoms. The number of ether oxygens (including phenoxy) is 4. The number of anilines is 1. The normalized spacial score (nSPS) is 12.6. The Morgan fingerprint density at radius 3 is 2.70 bits per heavy atom. The van der Waals surface area contributed by atoms with Crippen LogP contribution in [0.1, 0.15) is 5.56 Å². The first kappa shape index (κ1) is 19.8. The number of carbonyl (C=O) groups is 1. The first-order valence-corrected chi connectivity index (χ1v) is 10.1. The smallest absolute Gasteiger partial charge is 0.250 e. The minimum Gasteiger partial charge on any atom is -0.497 e. The van der Waals surface area contributed by atoms with Gasteiger partial charge in [-0.05, 0) is 48.0 Å². The van der Waals surface area contributed by atoms with E-state index in [0.29, 0.717) is 35.6 Å². The van der Waals surface area contributed by atoms with Crippen LogP contribution in [0, 0.1) is 0 Å². The highest BCUT2D eigenvalue weighted by Gasteiger charge is 2.17. The molecule has 7 nitrogen and oxygen atoms in total. The van der Waals surface area contributed by atoms with Crippen LogP contribution in [0.2, 0.25) is 0 Å². The van der Waals surface area contributed by atoms with Gasteiger partial charge >= 0.3 is 0 Å². The summed E-state index contributed by atoms with van der Waals surface area (Å²) in [6, 6.07) is 11.2. The Bertz CT molecular complexity index is 1060. The summed E-state index contributed by atoms with van der Waals surface area (Å²) in [5.74, 6) is 2.25. The van der Waals surface area contributed by atoms with Crippen molar-refractivity contribution in [1.82, 2.24) is 4.98 Å². The molecule has 1 aromatic heterocycles. The van der Waals surface area contributed by atoms with Crippen LogP contribution in [0.4, 0.5) is 5.13 Å². The summed E-state index contributed by atoms with van der Waals surface area (Å²) in [4.78, 5) is 16.8. The lowest BCUT2D eigenvalue weighted by atomic mass is 10.1. The average molecular weight is 424 g/mol. The first-order chi connectivity index (χ1) is 14.7. The second-order valence-corrected chi connectivity index (χ2v) is 7.19. The summed E-state index contributed by atoms with van der Waals surface area (Å²) in [6.07, 6.45) is 3.13. The molecule has 0 fully saturated rings. The summed E-state index contributed by atoms with van der Waals surface area (Å²) < 4.78 is 21.7. The molecular formula is C22H20N2O5S. The number of nitrogens with one attached hydrogen (secondary N) is 1. The van der Waals surface area contributed by atoms with Gasteiger partial charge in [0, 0.05) is 17.0 Å². The maximum atomic E-state index is 12.3. The van der Waals surface area contributed by atoms with E-state index in [-0.39, 0.29) is 5.91 Å². The van der Waals surface area contributed by atoms with Gasteiger partial charge in [0.05, 0.1) is 19.9 Å². The SMILES string of the molecule is COc1ccc(-c2csc(NC(=O)/C=C\c3cc(OC)c4c(c3)OCCO4)n2)cc1. The van der Waals surface area contributed by atoms with Crippen molar-refractivity contribution in [2.24, 2.45) is 0 Å². The predicted octanol–water partition coefficient (Wildman–Crippen LogP) is 4.25. The quantitative estimate of drug-likeness (QED) is 0.596. The number of carbonyl (C=O) groups excluding carboxylic acids is 1. The largest absolute Gasteiger partial charge is 0.497 e. The minimum absolute atomic E-state index is 0.278. The maximum absolute atomic E-state index is 12.3. The van der Waals surface area contributed by atoms with Crippen LogP contribution in [0.5, 0.6) is 23.0 Å². The van der Waals surface area contributed by atoms with Crippen molar-refractivity contribution < 1.29 is 23.7 Å². The molecule has 4 rings (SSSR count). The van der Waals surface area contributed by atoms with E-state index in [1.807, 2.05) is 35.7 Å². The van der Waals surface area contributed by atoms with Gasteiger partial charge in [0.15, 0.2) is 16.6 Å². The number of rotatable bonds is 6. The number of hydrogen-bond acceptors (Lipinski definition) is 7. The molecule has 154 valence electrons. The number of methoxy groups -OCH3 is 2. The zero-order chi connectivity index (χ0) is 20.9. The molecule has 30 heavy (non-hydrogen) atoms. The second-order valence-electron chi connectivity index (χ2n) is 6.34. The zero-order valence-electron chi connectivity index (χ0n) is 16.5. The molecular weight excluding hydrogens is 404 g/mol. The third-order valence-electron chi connectivity index (χ3n) is 4.40. The van der Waals surface area contributed by atoms with Crippen molar-refractivity contribution in [2.45, 2.75) is 0 Å². The van der Waals surface area contributed by atoms with E-state index in [2.05, 4.69) is 10.3 Å². The van der Waals surface area contributed by atoms with E-state index in [0.717, 1.165) is 22.6 Å². The molecule has 8 heteroatoms. The number of nitrogens with zero attached hydrogens (tertiary/aromatic N) is 1. The Labute approximate surface area is 177 Å². The number of benzene rings is 2. The third-order valence-corrected chi connectivity index (χ3v) is 5.16. The maximum Gasteiger partial charge on any atom is 0.250 e. The lowest BCUT2D eigenvalue weighted by Crippen LogP contribution is -2.16. The van der Waals surface area contributed by atoms with E-state index in [1.165, 1.54) is 17.4 Å². The van der Waals surface area contributed by atoms with Crippen LogP contribution in [-0.2, 0) is 4.79 Å². The molecule has 1 aliphatic heterocycles. The van der Waals surface area contributed by atoms with Gasteiger partial charge in [-0.1, -0.05) is 0 Å². The minimum atomic E-state index is -0.278. The highest BCUT2D eigenvalue weighted by Crippen LogP contribution is 2.40. The Balaban J connectivity index is 1.43. The van der Waals surface area contributed by atoms with Crippen LogP contribution >= 0.6 is 11.3 Å². The standard InChI is InChI=1S/C22H20N2O5S/c1-26-16-6-4-15(5-7-16)17-13-30-22(23-17)24-20(25)8-3-14-11-18(27-2)21-19(12-14)28-9-10-29-21/h3-8,11-13H,9-10H2,1-2H3,(H,23,24,25)/b8-3-. The van der Waals surface area contributed by atoms with Crippen molar-refractivity contribution in [3.05, 3.63) is 53.4 Å². The van der Waals surface area contributed by atoms with Gasteiger partial charge in [0.2, 0.25) is 11.7 Å². The lowest BCUT2D eigenvalue weighted by Gasteiger charge is -2.20. The molecule has 2 heterocycles. The molecule has 1 amide bonds. The van der Waals surface area contributed by atoms with Gasteiger partial charge in [-0.3, -0.25) is 10.1 Å². The highest BCUT2D eigenvalue weighted by molar-refractivity contribution is 7.14. The monoisotopic (exact) mass is 424 g/mol. The summed E-state index contributed by atoms with van der Waals surface area (Å²) in [5.41, 5.74) is 2.51. The summed E-state index contributed by atoms with van der Waals surface area (Å²) in [7, 11) is 3.19. The fraction of sp³-hybridized carbons (Fsp3) is 0.182. The van der Waals surface area contributed by atoms with Crippen molar-refractivity contribution in [1.29, 1.82) is 0 Å². The van der Waals surface area contributed by atoms with E-state index in [9.17, 15) is 4.79 Å². The molecule has 3 aromatic rings. The van der Waals surface area contributed by atoms with Crippen LogP contribution in [0.3, 0.4) is 0 Å². The first-order valence-electron chi connectivity index (χ1n) is 9.23. The van der Waals surface area contributed by atoms with E-state index < -0.39 is 0 Å². The zero-order valence-corrected chi connectivity index (χ0v) is 17.3. The number of aromatic nitrogens is 1. The van der Waals surface area contributed by atoms with Gasteiger partial charge in [0.1, 0.15) is 19.0 Å². The predicted molar refractivity (Wildman–Crippen MR) is 116 cm³/mol. The number of fused-ring (bicyclic) bond motifs is 1. The molecule has 0 radical (unpaired) electrons. The molecule has 0 saturated carbocycles. The summed E-state index contributed by atoms with van der Waals surface area (Å²) >= 11 is 1.36. The van der Waals surface area contributed by atoms with Crippen LogP contribution < -0.4 is 24.3 Å². The molecule has 0 aliphatic carbocycles. The van der Waals surface area contributed by atoms with Crippen molar-refractivity contribution >= 4 is 28.5 Å². The van der Waals surface area contributed by atoms with Crippen molar-refractivity contribution in [3.8, 4) is 34.3 Å². The molecule has 0 spiro atoms. The van der Waals surface area contributed by atoms with Crippen molar-refractivity contribution in [3.63, 3.8) is 0 Å². The highest BCUT2D eigenvalue weighted by atomic mass is 32.1. The second kappa shape index (κ2) is 8.87. The fourth-order valence-electron chi connectivity index (χ4n) is 2.93. The van der Waals surface area contributed by atoms with E-state index >= 15 is 0 Å². The summed E-state index contributed by atoms with van der Waals surface area (Å²) in [6.45, 7) is 0.956. The number of amides is 1. The average Bonchev–Trinajstić information content (AvgIpc) is 3.25. The van der Waals surface area contributed by atoms with E-state index in [1.54, 1.807) is 26.4 Å². The Morgan fingerprint density at radius 2 is 1.93 bits per heavy atom. The van der Waals surface area contributed by atoms with Crippen LogP contribution in [0.25, 0.3) is 17.3 Å². The Hall–Kier alpha value is -3.52.